The maximum absolute atomic E-state index is 12.5. The highest BCUT2D eigenvalue weighted by atomic mass is 16.5. The van der Waals surface area contributed by atoms with Crippen LogP contribution >= 0.6 is 0 Å². The molecule has 116 valence electrons. The lowest BCUT2D eigenvalue weighted by atomic mass is 9.71. The van der Waals surface area contributed by atoms with Crippen molar-refractivity contribution in [3.05, 3.63) is 28.8 Å². The lowest BCUT2D eigenvalue weighted by Gasteiger charge is -2.38. The van der Waals surface area contributed by atoms with Crippen LogP contribution in [0.2, 0.25) is 0 Å². The van der Waals surface area contributed by atoms with E-state index in [1.807, 2.05) is 19.9 Å². The fraction of sp³-hybridized carbons (Fsp3) is 0.611. The van der Waals surface area contributed by atoms with E-state index in [2.05, 4.69) is 20.8 Å². The highest BCUT2D eigenvalue weighted by Crippen LogP contribution is 2.40. The van der Waals surface area contributed by atoms with Crippen LogP contribution in [-0.2, 0) is 4.74 Å². The Hall–Kier alpha value is -1.51. The van der Waals surface area contributed by atoms with Crippen molar-refractivity contribution in [1.82, 2.24) is 0 Å². The maximum atomic E-state index is 12.5. The van der Waals surface area contributed by atoms with E-state index in [-0.39, 0.29) is 17.5 Å². The molecule has 1 aliphatic rings. The summed E-state index contributed by atoms with van der Waals surface area (Å²) in [5, 5.41) is 0. The van der Waals surface area contributed by atoms with Gasteiger partial charge in [-0.3, -0.25) is 0 Å². The van der Waals surface area contributed by atoms with Crippen LogP contribution in [0.5, 0.6) is 0 Å². The van der Waals surface area contributed by atoms with Gasteiger partial charge in [0.1, 0.15) is 6.10 Å². The first kappa shape index (κ1) is 15.9. The number of rotatable bonds is 2. The number of carbonyl (C=O) groups is 1. The number of carbonyl (C=O) groups excluding carboxylic acids is 1. The molecule has 0 saturated heterocycles. The zero-order valence-electron chi connectivity index (χ0n) is 13.8. The molecule has 3 nitrogen and oxygen atoms in total. The summed E-state index contributed by atoms with van der Waals surface area (Å²) < 4.78 is 5.78. The van der Waals surface area contributed by atoms with E-state index >= 15 is 0 Å². The number of esters is 1. The first-order valence-corrected chi connectivity index (χ1v) is 7.75. The summed E-state index contributed by atoms with van der Waals surface area (Å²) in [5.74, 6) is 0.355. The van der Waals surface area contributed by atoms with Crippen LogP contribution in [0.4, 0.5) is 5.69 Å². The van der Waals surface area contributed by atoms with Crippen molar-refractivity contribution in [2.24, 2.45) is 11.3 Å². The summed E-state index contributed by atoms with van der Waals surface area (Å²) in [4.78, 5) is 12.5. The van der Waals surface area contributed by atoms with Gasteiger partial charge in [0.2, 0.25) is 0 Å². The zero-order chi connectivity index (χ0) is 15.8. The van der Waals surface area contributed by atoms with Gasteiger partial charge in [0.15, 0.2) is 0 Å². The summed E-state index contributed by atoms with van der Waals surface area (Å²) in [5.41, 5.74) is 9.29. The molecule has 2 rings (SSSR count). The van der Waals surface area contributed by atoms with E-state index in [4.69, 9.17) is 10.5 Å². The molecule has 1 fully saturated rings. The second-order valence-corrected chi connectivity index (χ2v) is 7.45. The Kier molecular flexibility index (Phi) is 4.31. The minimum Gasteiger partial charge on any atom is -0.459 e. The largest absolute Gasteiger partial charge is 0.459 e. The highest BCUT2D eigenvalue weighted by molar-refractivity contribution is 5.92. The molecule has 1 saturated carbocycles. The molecule has 0 aromatic heterocycles. The molecule has 2 unspecified atom stereocenters. The topological polar surface area (TPSA) is 52.3 Å². The smallest absolute Gasteiger partial charge is 0.338 e. The Bertz CT molecular complexity index is 548. The van der Waals surface area contributed by atoms with Gasteiger partial charge in [-0.1, -0.05) is 20.8 Å². The quantitative estimate of drug-likeness (QED) is 0.654. The van der Waals surface area contributed by atoms with Crippen molar-refractivity contribution in [2.45, 2.75) is 60.0 Å². The number of ether oxygens (including phenoxy) is 1. The molecule has 3 heteroatoms. The van der Waals surface area contributed by atoms with Crippen molar-refractivity contribution in [3.63, 3.8) is 0 Å². The third kappa shape index (κ3) is 3.78. The van der Waals surface area contributed by atoms with E-state index in [1.54, 1.807) is 6.07 Å². The first-order valence-electron chi connectivity index (χ1n) is 7.75. The number of nitrogens with two attached hydrogens (primary N) is 1. The normalized spacial score (nSPS) is 24.6. The van der Waals surface area contributed by atoms with Gasteiger partial charge in [-0.2, -0.15) is 0 Å². The van der Waals surface area contributed by atoms with E-state index in [1.165, 1.54) is 6.42 Å². The number of benzene rings is 1. The highest BCUT2D eigenvalue weighted by Gasteiger charge is 2.34. The Balaban J connectivity index is 2.15. The van der Waals surface area contributed by atoms with Gasteiger partial charge in [0.05, 0.1) is 5.56 Å². The molecule has 0 spiro atoms. The van der Waals surface area contributed by atoms with Gasteiger partial charge in [0.25, 0.3) is 0 Å². The molecule has 0 heterocycles. The van der Waals surface area contributed by atoms with Crippen molar-refractivity contribution < 1.29 is 9.53 Å². The van der Waals surface area contributed by atoms with Crippen molar-refractivity contribution in [1.29, 1.82) is 0 Å². The molecule has 0 radical (unpaired) electrons. The van der Waals surface area contributed by atoms with Crippen LogP contribution in [0.1, 0.15) is 61.5 Å². The minimum atomic E-state index is -0.238. The third-order valence-electron chi connectivity index (χ3n) is 4.53. The van der Waals surface area contributed by atoms with E-state index in [0.717, 1.165) is 24.0 Å². The van der Waals surface area contributed by atoms with E-state index in [9.17, 15) is 4.79 Å². The molecular formula is C18H27NO2. The van der Waals surface area contributed by atoms with E-state index < -0.39 is 0 Å². The Morgan fingerprint density at radius 1 is 1.29 bits per heavy atom. The predicted octanol–water partition coefficient (Wildman–Crippen LogP) is 4.26. The van der Waals surface area contributed by atoms with E-state index in [0.29, 0.717) is 17.2 Å². The Morgan fingerprint density at radius 2 is 1.95 bits per heavy atom. The summed E-state index contributed by atoms with van der Waals surface area (Å²) in [6, 6.07) is 3.61. The average Bonchev–Trinajstić information content (AvgIpc) is 2.30. The zero-order valence-corrected chi connectivity index (χ0v) is 13.8. The molecule has 0 bridgehead atoms. The molecule has 1 aliphatic carbocycles. The number of nitrogen functional groups attached to an aromatic ring is 1. The number of anilines is 1. The standard InChI is InChI=1S/C18H27NO2/c1-11-6-15(10-18(4,5)9-11)21-17(20)16-8-14(19)7-12(2)13(16)3/h7-8,11,15H,6,9-10,19H2,1-5H3. The number of aryl methyl sites for hydroxylation is 1. The van der Waals surface area contributed by atoms with Gasteiger partial charge in [0, 0.05) is 5.69 Å². The molecule has 1 aromatic rings. The molecule has 21 heavy (non-hydrogen) atoms. The van der Waals surface area contributed by atoms with Gasteiger partial charge >= 0.3 is 5.97 Å². The SMILES string of the molecule is Cc1cc(N)cc(C(=O)OC2CC(C)CC(C)(C)C2)c1C. The third-order valence-corrected chi connectivity index (χ3v) is 4.53. The molecule has 2 atom stereocenters. The fourth-order valence-electron chi connectivity index (χ4n) is 3.66. The average molecular weight is 289 g/mol. The van der Waals surface area contributed by atoms with Crippen molar-refractivity contribution in [3.8, 4) is 0 Å². The number of hydrogen-bond donors (Lipinski definition) is 1. The van der Waals surface area contributed by atoms with Crippen molar-refractivity contribution in [2.75, 3.05) is 5.73 Å². The second kappa shape index (κ2) is 5.70. The van der Waals surface area contributed by atoms with Crippen LogP contribution in [-0.4, -0.2) is 12.1 Å². The molecule has 0 aliphatic heterocycles. The molecule has 0 amide bonds. The lowest BCUT2D eigenvalue weighted by molar-refractivity contribution is -0.00720. The van der Waals surface area contributed by atoms with Crippen molar-refractivity contribution >= 4 is 11.7 Å². The predicted molar refractivity (Wildman–Crippen MR) is 86.3 cm³/mol. The lowest BCUT2D eigenvalue weighted by Crippen LogP contribution is -2.34. The fourth-order valence-corrected chi connectivity index (χ4v) is 3.66. The van der Waals surface area contributed by atoms with Gasteiger partial charge in [-0.25, -0.2) is 4.79 Å². The molecule has 1 aromatic carbocycles. The summed E-state index contributed by atoms with van der Waals surface area (Å²) in [6.07, 6.45) is 3.09. The van der Waals surface area contributed by atoms with Gasteiger partial charge < -0.3 is 10.5 Å². The second-order valence-electron chi connectivity index (χ2n) is 7.45. The van der Waals surface area contributed by atoms with Gasteiger partial charge in [-0.15, -0.1) is 0 Å². The van der Waals surface area contributed by atoms with Crippen LogP contribution < -0.4 is 5.73 Å². The molecular weight excluding hydrogens is 262 g/mol. The first-order chi connectivity index (χ1) is 9.68. The molecule has 2 N–H and O–H groups in total. The maximum Gasteiger partial charge on any atom is 0.338 e. The van der Waals surface area contributed by atoms with Gasteiger partial charge in [-0.05, 0) is 67.7 Å². The number of hydrogen-bond acceptors (Lipinski definition) is 3. The van der Waals surface area contributed by atoms with Crippen LogP contribution in [0.25, 0.3) is 0 Å². The Labute approximate surface area is 127 Å². The van der Waals surface area contributed by atoms with Crippen LogP contribution in [0.3, 0.4) is 0 Å². The minimum absolute atomic E-state index is 0.0115. The monoisotopic (exact) mass is 289 g/mol. The summed E-state index contributed by atoms with van der Waals surface area (Å²) >= 11 is 0. The summed E-state index contributed by atoms with van der Waals surface area (Å²) in [6.45, 7) is 10.6. The Morgan fingerprint density at radius 3 is 2.57 bits per heavy atom. The van der Waals surface area contributed by atoms with Crippen LogP contribution in [0, 0.1) is 25.2 Å². The van der Waals surface area contributed by atoms with Crippen LogP contribution in [0.15, 0.2) is 12.1 Å². The summed E-state index contributed by atoms with van der Waals surface area (Å²) in [7, 11) is 0.